The van der Waals surface area contributed by atoms with Crippen molar-refractivity contribution in [1.29, 1.82) is 0 Å². The van der Waals surface area contributed by atoms with E-state index in [2.05, 4.69) is 0 Å². The van der Waals surface area contributed by atoms with E-state index in [1.807, 2.05) is 13.0 Å². The number of hydrogen-bond acceptors (Lipinski definition) is 2. The summed E-state index contributed by atoms with van der Waals surface area (Å²) in [5, 5.41) is 10.0. The van der Waals surface area contributed by atoms with Crippen molar-refractivity contribution < 1.29 is 14.7 Å². The maximum absolute atomic E-state index is 11.1. The third-order valence-electron chi connectivity index (χ3n) is 2.73. The highest BCUT2D eigenvalue weighted by Gasteiger charge is 2.13. The molecule has 0 bridgehead atoms. The molecule has 84 valence electrons. The summed E-state index contributed by atoms with van der Waals surface area (Å²) in [5.74, 6) is -0.885. The molecule has 16 heavy (non-hydrogen) atoms. The molecular formula is C12H13NO3. The van der Waals surface area contributed by atoms with Crippen LogP contribution in [0.2, 0.25) is 0 Å². The summed E-state index contributed by atoms with van der Waals surface area (Å²) in [6.07, 6.45) is 2.47. The van der Waals surface area contributed by atoms with Crippen LogP contribution in [-0.2, 0) is 6.42 Å². The lowest BCUT2D eigenvalue weighted by Crippen LogP contribution is -2.05. The quantitative estimate of drug-likeness (QED) is 0.858. The SMILES string of the molecule is CCc1c(C(=O)O)ccc2c1ccn2OC. The minimum Gasteiger partial charge on any atom is -0.478 e. The predicted octanol–water partition coefficient (Wildman–Crippen LogP) is 1.96. The molecule has 0 aliphatic rings. The van der Waals surface area contributed by atoms with Crippen molar-refractivity contribution in [3.63, 3.8) is 0 Å². The van der Waals surface area contributed by atoms with Crippen LogP contribution >= 0.6 is 0 Å². The molecule has 0 aliphatic heterocycles. The van der Waals surface area contributed by atoms with Crippen LogP contribution in [0.25, 0.3) is 10.9 Å². The number of carboxylic acids is 1. The molecule has 0 fully saturated rings. The average molecular weight is 219 g/mol. The van der Waals surface area contributed by atoms with Gasteiger partial charge in [-0.25, -0.2) is 4.79 Å². The van der Waals surface area contributed by atoms with Crippen molar-refractivity contribution >= 4 is 16.9 Å². The number of hydrogen-bond donors (Lipinski definition) is 1. The van der Waals surface area contributed by atoms with Crippen LogP contribution in [0.5, 0.6) is 0 Å². The van der Waals surface area contributed by atoms with Crippen molar-refractivity contribution in [2.75, 3.05) is 7.11 Å². The van der Waals surface area contributed by atoms with Crippen molar-refractivity contribution in [2.24, 2.45) is 0 Å². The first-order valence-electron chi connectivity index (χ1n) is 5.09. The summed E-state index contributed by atoms with van der Waals surface area (Å²) in [6, 6.07) is 5.27. The van der Waals surface area contributed by atoms with Gasteiger partial charge in [0.1, 0.15) is 7.11 Å². The first kappa shape index (κ1) is 10.5. The lowest BCUT2D eigenvalue weighted by atomic mass is 10.0. The van der Waals surface area contributed by atoms with E-state index < -0.39 is 5.97 Å². The van der Waals surface area contributed by atoms with Crippen molar-refractivity contribution in [2.45, 2.75) is 13.3 Å². The summed E-state index contributed by atoms with van der Waals surface area (Å²) in [7, 11) is 1.58. The van der Waals surface area contributed by atoms with Crippen LogP contribution in [-0.4, -0.2) is 22.9 Å². The Balaban J connectivity index is 2.76. The lowest BCUT2D eigenvalue weighted by molar-refractivity contribution is 0.0696. The fourth-order valence-electron chi connectivity index (χ4n) is 1.99. The van der Waals surface area contributed by atoms with Gasteiger partial charge in [-0.15, -0.1) is 0 Å². The van der Waals surface area contributed by atoms with Gasteiger partial charge in [0.25, 0.3) is 0 Å². The normalized spacial score (nSPS) is 10.6. The molecular weight excluding hydrogens is 206 g/mol. The van der Waals surface area contributed by atoms with E-state index >= 15 is 0 Å². The molecule has 4 heteroatoms. The molecule has 0 radical (unpaired) electrons. The number of carboxylic acid groups (broad SMARTS) is 1. The van der Waals surface area contributed by atoms with Crippen molar-refractivity contribution in [1.82, 2.24) is 4.73 Å². The monoisotopic (exact) mass is 219 g/mol. The van der Waals surface area contributed by atoms with Gasteiger partial charge < -0.3 is 9.94 Å². The summed E-state index contributed by atoms with van der Waals surface area (Å²) in [4.78, 5) is 16.2. The number of benzene rings is 1. The number of rotatable bonds is 3. The molecule has 2 rings (SSSR count). The molecule has 1 aromatic carbocycles. The van der Waals surface area contributed by atoms with Gasteiger partial charge in [0.15, 0.2) is 0 Å². The van der Waals surface area contributed by atoms with Gasteiger partial charge in [0.2, 0.25) is 0 Å². The topological polar surface area (TPSA) is 51.5 Å². The Hall–Kier alpha value is -1.97. The second-order valence-corrected chi connectivity index (χ2v) is 3.51. The first-order valence-corrected chi connectivity index (χ1v) is 5.09. The highest BCUT2D eigenvalue weighted by Crippen LogP contribution is 2.23. The molecule has 1 N–H and O–H groups in total. The first-order chi connectivity index (χ1) is 7.69. The maximum atomic E-state index is 11.1. The van der Waals surface area contributed by atoms with Gasteiger partial charge in [-0.3, -0.25) is 0 Å². The number of nitrogens with zero attached hydrogens (tertiary/aromatic N) is 1. The fraction of sp³-hybridized carbons (Fsp3) is 0.250. The van der Waals surface area contributed by atoms with E-state index in [0.29, 0.717) is 12.0 Å². The number of aryl methyl sites for hydroxylation is 1. The van der Waals surface area contributed by atoms with E-state index in [1.54, 1.807) is 30.2 Å². The average Bonchev–Trinajstić information content (AvgIpc) is 2.70. The number of carbonyl (C=O) groups is 1. The lowest BCUT2D eigenvalue weighted by Gasteiger charge is -2.07. The minimum absolute atomic E-state index is 0.365. The van der Waals surface area contributed by atoms with E-state index in [0.717, 1.165) is 16.5 Å². The minimum atomic E-state index is -0.885. The Morgan fingerprint density at radius 3 is 2.75 bits per heavy atom. The largest absolute Gasteiger partial charge is 0.478 e. The van der Waals surface area contributed by atoms with Gasteiger partial charge in [-0.05, 0) is 30.2 Å². The Labute approximate surface area is 93.0 Å². The summed E-state index contributed by atoms with van der Waals surface area (Å²) in [5.41, 5.74) is 2.11. The van der Waals surface area contributed by atoms with Crippen LogP contribution < -0.4 is 4.84 Å². The fourth-order valence-corrected chi connectivity index (χ4v) is 1.99. The molecule has 0 amide bonds. The molecule has 0 saturated carbocycles. The predicted molar refractivity (Wildman–Crippen MR) is 60.8 cm³/mol. The molecule has 0 unspecified atom stereocenters. The molecule has 4 nitrogen and oxygen atoms in total. The van der Waals surface area contributed by atoms with E-state index in [1.165, 1.54) is 0 Å². The molecule has 0 spiro atoms. The zero-order valence-corrected chi connectivity index (χ0v) is 9.23. The molecule has 0 saturated heterocycles. The molecule has 0 atom stereocenters. The second kappa shape index (κ2) is 3.89. The van der Waals surface area contributed by atoms with E-state index in [4.69, 9.17) is 9.94 Å². The summed E-state index contributed by atoms with van der Waals surface area (Å²) < 4.78 is 1.63. The molecule has 0 aliphatic carbocycles. The van der Waals surface area contributed by atoms with Gasteiger partial charge >= 0.3 is 5.97 Å². The van der Waals surface area contributed by atoms with E-state index in [-0.39, 0.29) is 0 Å². The van der Waals surface area contributed by atoms with Crippen LogP contribution in [0.3, 0.4) is 0 Å². The number of aromatic nitrogens is 1. The third-order valence-corrected chi connectivity index (χ3v) is 2.73. The Kier molecular flexibility index (Phi) is 2.56. The van der Waals surface area contributed by atoms with Crippen molar-refractivity contribution in [3.05, 3.63) is 35.5 Å². The Morgan fingerprint density at radius 2 is 2.19 bits per heavy atom. The second-order valence-electron chi connectivity index (χ2n) is 3.51. The number of fused-ring (bicyclic) bond motifs is 1. The van der Waals surface area contributed by atoms with Crippen LogP contribution in [0.15, 0.2) is 24.4 Å². The Bertz CT molecular complexity index is 542. The zero-order chi connectivity index (χ0) is 11.7. The molecule has 2 aromatic rings. The van der Waals surface area contributed by atoms with Crippen molar-refractivity contribution in [3.8, 4) is 0 Å². The summed E-state index contributed by atoms with van der Waals surface area (Å²) in [6.45, 7) is 1.95. The van der Waals surface area contributed by atoms with Crippen LogP contribution in [0, 0.1) is 0 Å². The Morgan fingerprint density at radius 1 is 1.44 bits per heavy atom. The van der Waals surface area contributed by atoms with Gasteiger partial charge in [-0.2, -0.15) is 4.73 Å². The number of aromatic carboxylic acids is 1. The van der Waals surface area contributed by atoms with E-state index in [9.17, 15) is 4.79 Å². The highest BCUT2D eigenvalue weighted by atomic mass is 16.6. The third kappa shape index (κ3) is 1.43. The molecule has 1 heterocycles. The van der Waals surface area contributed by atoms with Crippen LogP contribution in [0.4, 0.5) is 0 Å². The maximum Gasteiger partial charge on any atom is 0.335 e. The van der Waals surface area contributed by atoms with Gasteiger partial charge in [-0.1, -0.05) is 6.92 Å². The summed E-state index contributed by atoms with van der Waals surface area (Å²) >= 11 is 0. The van der Waals surface area contributed by atoms with Gasteiger partial charge in [0, 0.05) is 11.6 Å². The van der Waals surface area contributed by atoms with Gasteiger partial charge in [0.05, 0.1) is 11.1 Å². The zero-order valence-electron chi connectivity index (χ0n) is 9.23. The highest BCUT2D eigenvalue weighted by molar-refractivity contribution is 5.97. The smallest absolute Gasteiger partial charge is 0.335 e. The molecule has 1 aromatic heterocycles. The standard InChI is InChI=1S/C12H13NO3/c1-3-8-9-6-7-13(16-2)11(9)5-4-10(8)12(14)15/h4-7H,3H2,1-2H3,(H,14,15). The van der Waals surface area contributed by atoms with Crippen LogP contribution in [0.1, 0.15) is 22.8 Å².